The van der Waals surface area contributed by atoms with E-state index in [9.17, 15) is 14.3 Å². The van der Waals surface area contributed by atoms with Gasteiger partial charge in [0, 0.05) is 17.5 Å². The molecule has 1 fully saturated rings. The lowest BCUT2D eigenvalue weighted by Gasteiger charge is -2.24. The number of carbonyl (C=O) groups is 1. The third-order valence-corrected chi connectivity index (χ3v) is 6.06. The Bertz CT molecular complexity index is 1140. The Kier molecular flexibility index (Phi) is 6.99. The summed E-state index contributed by atoms with van der Waals surface area (Å²) < 4.78 is 19.1. The molecule has 2 aromatic carbocycles. The predicted octanol–water partition coefficient (Wildman–Crippen LogP) is 6.15. The van der Waals surface area contributed by atoms with Crippen molar-refractivity contribution in [2.75, 3.05) is 0 Å². The molecule has 0 aliphatic carbocycles. The Morgan fingerprint density at radius 1 is 1.15 bits per heavy atom. The summed E-state index contributed by atoms with van der Waals surface area (Å²) >= 11 is 0. The summed E-state index contributed by atoms with van der Waals surface area (Å²) in [5.74, 6) is -0.521. The second kappa shape index (κ2) is 10.1. The van der Waals surface area contributed by atoms with Crippen molar-refractivity contribution in [3.63, 3.8) is 0 Å². The number of cyclic esters (lactones) is 1. The summed E-state index contributed by atoms with van der Waals surface area (Å²) in [6, 6.07) is 18.4. The molecule has 4 nitrogen and oxygen atoms in total. The van der Waals surface area contributed by atoms with Crippen LogP contribution in [0.4, 0.5) is 4.39 Å². The van der Waals surface area contributed by atoms with Crippen LogP contribution >= 0.6 is 0 Å². The molecule has 170 valence electrons. The molecule has 33 heavy (non-hydrogen) atoms. The van der Waals surface area contributed by atoms with Crippen LogP contribution in [0.15, 0.2) is 66.7 Å². The van der Waals surface area contributed by atoms with Gasteiger partial charge in [-0.3, -0.25) is 9.78 Å². The number of carbonyl (C=O) groups excluding carboxylic acids is 1. The van der Waals surface area contributed by atoms with Gasteiger partial charge in [-0.1, -0.05) is 62.4 Å². The van der Waals surface area contributed by atoms with E-state index in [1.807, 2.05) is 48.6 Å². The number of halogens is 1. The monoisotopic (exact) mass is 445 g/mol. The van der Waals surface area contributed by atoms with Crippen LogP contribution in [-0.4, -0.2) is 28.3 Å². The molecule has 0 amide bonds. The first-order valence-corrected chi connectivity index (χ1v) is 11.4. The largest absolute Gasteiger partial charge is 0.458 e. The lowest BCUT2D eigenvalue weighted by molar-refractivity contribution is -0.156. The number of ether oxygens (including phenoxy) is 1. The second-order valence-corrected chi connectivity index (χ2v) is 8.52. The second-order valence-electron chi connectivity index (χ2n) is 8.52. The van der Waals surface area contributed by atoms with Gasteiger partial charge in [0.2, 0.25) is 0 Å². The van der Waals surface area contributed by atoms with Crippen molar-refractivity contribution in [2.45, 2.75) is 51.2 Å². The summed E-state index contributed by atoms with van der Waals surface area (Å²) in [6.07, 6.45) is 3.83. The fraction of sp³-hybridized carbons (Fsp3) is 0.286. The van der Waals surface area contributed by atoms with Crippen LogP contribution in [0, 0.1) is 5.82 Å². The van der Waals surface area contributed by atoms with Gasteiger partial charge in [-0.2, -0.15) is 0 Å². The molecule has 5 heteroatoms. The Balaban J connectivity index is 1.87. The highest BCUT2D eigenvalue weighted by Crippen LogP contribution is 2.35. The van der Waals surface area contributed by atoms with Gasteiger partial charge in [-0.15, -0.1) is 0 Å². The molecule has 1 aliphatic rings. The van der Waals surface area contributed by atoms with Gasteiger partial charge in [0.15, 0.2) is 0 Å². The molecule has 2 heterocycles. The number of benzene rings is 2. The molecular formula is C28H28FNO3. The van der Waals surface area contributed by atoms with E-state index in [0.717, 1.165) is 40.1 Å². The molecule has 3 aromatic rings. The molecule has 0 radical (unpaired) electrons. The number of aliphatic hydroxyl groups excluding tert-OH is 1. The van der Waals surface area contributed by atoms with Crippen molar-refractivity contribution < 1.29 is 19.0 Å². The van der Waals surface area contributed by atoms with E-state index < -0.39 is 18.2 Å². The normalized spacial score (nSPS) is 19.5. The number of pyridine rings is 1. The SMILES string of the molecule is CC[C@@H](C)c1nc(-c2ccccc2)cc(-c2ccc(F)cc2)c1/C=C/[C@@H]1C[C@@H](O)CC(=O)O1. The smallest absolute Gasteiger partial charge is 0.309 e. The first kappa shape index (κ1) is 22.9. The van der Waals surface area contributed by atoms with Crippen molar-refractivity contribution >= 4 is 12.0 Å². The third kappa shape index (κ3) is 5.37. The van der Waals surface area contributed by atoms with Gasteiger partial charge in [0.05, 0.1) is 23.9 Å². The molecule has 0 bridgehead atoms. The van der Waals surface area contributed by atoms with Gasteiger partial charge in [0.25, 0.3) is 0 Å². The molecule has 0 saturated carbocycles. The molecule has 1 aliphatic heterocycles. The first-order valence-electron chi connectivity index (χ1n) is 11.4. The zero-order chi connectivity index (χ0) is 23.4. The van der Waals surface area contributed by atoms with Crippen molar-refractivity contribution in [1.29, 1.82) is 0 Å². The van der Waals surface area contributed by atoms with E-state index in [1.54, 1.807) is 12.1 Å². The number of rotatable bonds is 6. The van der Waals surface area contributed by atoms with Crippen LogP contribution in [0.25, 0.3) is 28.5 Å². The lowest BCUT2D eigenvalue weighted by atomic mass is 9.90. The summed E-state index contributed by atoms with van der Waals surface area (Å²) in [7, 11) is 0. The summed E-state index contributed by atoms with van der Waals surface area (Å²) in [5, 5.41) is 9.97. The van der Waals surface area contributed by atoms with Crippen molar-refractivity contribution in [1.82, 2.24) is 4.98 Å². The zero-order valence-electron chi connectivity index (χ0n) is 18.9. The highest BCUT2D eigenvalue weighted by Gasteiger charge is 2.26. The number of hydrogen-bond donors (Lipinski definition) is 1. The summed E-state index contributed by atoms with van der Waals surface area (Å²) in [5.41, 5.74) is 5.50. The molecule has 0 spiro atoms. The van der Waals surface area contributed by atoms with Crippen LogP contribution < -0.4 is 0 Å². The van der Waals surface area contributed by atoms with Crippen LogP contribution in [0.2, 0.25) is 0 Å². The summed E-state index contributed by atoms with van der Waals surface area (Å²) in [6.45, 7) is 4.25. The molecule has 1 aromatic heterocycles. The lowest BCUT2D eigenvalue weighted by Crippen LogP contribution is -2.31. The van der Waals surface area contributed by atoms with Gasteiger partial charge in [0.1, 0.15) is 11.9 Å². The van der Waals surface area contributed by atoms with Gasteiger partial charge in [-0.05, 0) is 47.7 Å². The maximum atomic E-state index is 13.7. The number of nitrogens with zero attached hydrogens (tertiary/aromatic N) is 1. The van der Waals surface area contributed by atoms with E-state index in [0.29, 0.717) is 6.42 Å². The molecule has 1 N–H and O–H groups in total. The van der Waals surface area contributed by atoms with Crippen molar-refractivity contribution in [2.24, 2.45) is 0 Å². The van der Waals surface area contributed by atoms with Crippen LogP contribution in [0.1, 0.15) is 50.3 Å². The molecule has 0 unspecified atom stereocenters. The fourth-order valence-corrected chi connectivity index (χ4v) is 4.07. The number of hydrogen-bond acceptors (Lipinski definition) is 4. The third-order valence-electron chi connectivity index (χ3n) is 6.06. The minimum atomic E-state index is -0.704. The van der Waals surface area contributed by atoms with Gasteiger partial charge < -0.3 is 9.84 Å². The fourth-order valence-electron chi connectivity index (χ4n) is 4.07. The van der Waals surface area contributed by atoms with E-state index >= 15 is 0 Å². The molecular weight excluding hydrogens is 417 g/mol. The standard InChI is InChI=1S/C28H28FNO3/c1-3-18(2)28-24(14-13-23-15-22(31)16-27(32)33-23)25(19-9-11-21(29)12-10-19)17-26(30-28)20-7-5-4-6-8-20/h4-14,17-18,22-23,31H,3,15-16H2,1-2H3/b14-13+/t18-,22-,23-/m1/s1. The topological polar surface area (TPSA) is 59.4 Å². The molecule has 3 atom stereocenters. The van der Waals surface area contributed by atoms with E-state index in [1.165, 1.54) is 12.1 Å². The zero-order valence-corrected chi connectivity index (χ0v) is 18.9. The van der Waals surface area contributed by atoms with Crippen LogP contribution in [0.3, 0.4) is 0 Å². The van der Waals surface area contributed by atoms with Crippen LogP contribution in [0.5, 0.6) is 0 Å². The Morgan fingerprint density at radius 2 is 1.88 bits per heavy atom. The quantitative estimate of drug-likeness (QED) is 0.463. The maximum Gasteiger partial charge on any atom is 0.309 e. The average molecular weight is 446 g/mol. The highest BCUT2D eigenvalue weighted by molar-refractivity contribution is 5.81. The predicted molar refractivity (Wildman–Crippen MR) is 128 cm³/mol. The molecule has 4 rings (SSSR count). The maximum absolute atomic E-state index is 13.7. The number of esters is 1. The minimum absolute atomic E-state index is 0.0244. The van der Waals surface area contributed by atoms with Crippen LogP contribution in [-0.2, 0) is 9.53 Å². The number of aliphatic hydroxyl groups is 1. The van der Waals surface area contributed by atoms with E-state index in [2.05, 4.69) is 13.8 Å². The summed E-state index contributed by atoms with van der Waals surface area (Å²) in [4.78, 5) is 16.8. The van der Waals surface area contributed by atoms with Gasteiger partial charge in [-0.25, -0.2) is 4.39 Å². The average Bonchev–Trinajstić information content (AvgIpc) is 2.82. The first-order chi connectivity index (χ1) is 15.9. The Labute approximate surface area is 193 Å². The van der Waals surface area contributed by atoms with Crippen molar-refractivity contribution in [3.05, 3.63) is 83.8 Å². The Morgan fingerprint density at radius 3 is 2.55 bits per heavy atom. The Hall–Kier alpha value is -3.31. The highest BCUT2D eigenvalue weighted by atomic mass is 19.1. The van der Waals surface area contributed by atoms with Gasteiger partial charge >= 0.3 is 5.97 Å². The van der Waals surface area contributed by atoms with E-state index in [4.69, 9.17) is 9.72 Å². The van der Waals surface area contributed by atoms with Crippen molar-refractivity contribution in [3.8, 4) is 22.4 Å². The van der Waals surface area contributed by atoms with E-state index in [-0.39, 0.29) is 18.2 Å². The molecule has 1 saturated heterocycles. The number of aromatic nitrogens is 1. The minimum Gasteiger partial charge on any atom is -0.458 e.